The summed E-state index contributed by atoms with van der Waals surface area (Å²) in [4.78, 5) is 11.7. The van der Waals surface area contributed by atoms with Crippen LogP contribution in [0.25, 0.3) is 0 Å². The molecule has 1 saturated carbocycles. The monoisotopic (exact) mass is 151 g/mol. The van der Waals surface area contributed by atoms with Gasteiger partial charge in [-0.2, -0.15) is 0 Å². The molecule has 0 aromatic heterocycles. The van der Waals surface area contributed by atoms with E-state index in [0.29, 0.717) is 18.3 Å². The minimum Gasteiger partial charge on any atom is -0.298 e. The van der Waals surface area contributed by atoms with Gasteiger partial charge in [0.2, 0.25) is 0 Å². The first-order valence-electron chi connectivity index (χ1n) is 4.83. The molecule has 0 radical (unpaired) electrons. The largest absolute Gasteiger partial charge is 0.298 e. The Morgan fingerprint density at radius 3 is 3.36 bits per heavy atom. The second-order valence-corrected chi connectivity index (χ2v) is 3.97. The van der Waals surface area contributed by atoms with Gasteiger partial charge in [-0.25, -0.2) is 0 Å². The zero-order valence-electron chi connectivity index (χ0n) is 7.89. The van der Waals surface area contributed by atoms with Crippen molar-refractivity contribution in [3.05, 3.63) is 12.1 Å². The fraction of sp³-hybridized carbons (Fsp3) is 0.700. The van der Waals surface area contributed by atoms with Crippen LogP contribution in [0.2, 0.25) is 0 Å². The standard InChI is InChI=1S/C10H14O/c1-10-6-2-4-8(9(10)11)5-3-7-10/h2,4,8H,3,5-7H2,1H3/i2D. The molecule has 0 aromatic rings. The van der Waals surface area contributed by atoms with E-state index < -0.39 is 0 Å². The molecule has 0 N–H and O–H groups in total. The first-order chi connectivity index (χ1) is 5.62. The smallest absolute Gasteiger partial charge is 0.145 e. The summed E-state index contributed by atoms with van der Waals surface area (Å²) < 4.78 is 7.59. The lowest BCUT2D eigenvalue weighted by atomic mass is 9.65. The van der Waals surface area contributed by atoms with Crippen molar-refractivity contribution in [1.29, 1.82) is 0 Å². The van der Waals surface area contributed by atoms with Gasteiger partial charge in [0.05, 0.1) is 1.37 Å². The Hall–Kier alpha value is -0.590. The predicted octanol–water partition coefficient (Wildman–Crippen LogP) is 2.32. The molecule has 0 saturated heterocycles. The van der Waals surface area contributed by atoms with E-state index in [2.05, 4.69) is 0 Å². The Morgan fingerprint density at radius 1 is 1.82 bits per heavy atom. The second-order valence-electron chi connectivity index (χ2n) is 3.97. The lowest BCUT2D eigenvalue weighted by molar-refractivity contribution is -0.134. The molecule has 2 atom stereocenters. The van der Waals surface area contributed by atoms with Crippen molar-refractivity contribution in [1.82, 2.24) is 0 Å². The van der Waals surface area contributed by atoms with Crippen LogP contribution in [0.1, 0.15) is 34.0 Å². The number of hydrogen-bond acceptors (Lipinski definition) is 1. The molecule has 0 aromatic carbocycles. The quantitative estimate of drug-likeness (QED) is 0.485. The van der Waals surface area contributed by atoms with E-state index in [9.17, 15) is 4.79 Å². The first kappa shape index (κ1) is 5.99. The van der Waals surface area contributed by atoms with Crippen molar-refractivity contribution in [3.8, 4) is 0 Å². The van der Waals surface area contributed by atoms with Crippen molar-refractivity contribution in [2.75, 3.05) is 0 Å². The van der Waals surface area contributed by atoms with Gasteiger partial charge in [0.1, 0.15) is 5.78 Å². The predicted molar refractivity (Wildman–Crippen MR) is 44.2 cm³/mol. The third kappa shape index (κ3) is 0.943. The second kappa shape index (κ2) is 2.20. The number of carbonyl (C=O) groups excluding carboxylic acids is 1. The molecule has 2 rings (SSSR count). The van der Waals surface area contributed by atoms with Crippen molar-refractivity contribution >= 4 is 5.78 Å². The fourth-order valence-corrected chi connectivity index (χ4v) is 2.17. The molecule has 1 heteroatoms. The van der Waals surface area contributed by atoms with E-state index in [4.69, 9.17) is 1.37 Å². The maximum Gasteiger partial charge on any atom is 0.145 e. The molecule has 1 fully saturated rings. The topological polar surface area (TPSA) is 17.1 Å². The van der Waals surface area contributed by atoms with Crippen LogP contribution in [-0.2, 0) is 4.79 Å². The number of carbonyl (C=O) groups is 1. The Morgan fingerprint density at radius 2 is 2.64 bits per heavy atom. The molecule has 60 valence electrons. The van der Waals surface area contributed by atoms with Gasteiger partial charge in [-0.3, -0.25) is 4.79 Å². The molecule has 0 spiro atoms. The first-order valence-corrected chi connectivity index (χ1v) is 4.33. The molecular formula is C10H14O. The maximum atomic E-state index is 11.7. The number of Topliss-reactive ketones (excluding diaryl/α,β-unsaturated/α-hetero) is 1. The molecule has 2 aliphatic carbocycles. The molecule has 2 bridgehead atoms. The summed E-state index contributed by atoms with van der Waals surface area (Å²) in [6.07, 6.45) is 5.62. The van der Waals surface area contributed by atoms with Gasteiger partial charge in [0.15, 0.2) is 0 Å². The van der Waals surface area contributed by atoms with Gasteiger partial charge in [0.25, 0.3) is 0 Å². The van der Waals surface area contributed by atoms with E-state index in [1.165, 1.54) is 0 Å². The van der Waals surface area contributed by atoms with E-state index in [1.807, 2.05) is 13.0 Å². The van der Waals surface area contributed by atoms with E-state index in [1.54, 1.807) is 0 Å². The lowest BCUT2D eigenvalue weighted by Crippen LogP contribution is -2.38. The maximum absolute atomic E-state index is 11.7. The van der Waals surface area contributed by atoms with Crippen LogP contribution in [0.5, 0.6) is 0 Å². The molecule has 2 aliphatic rings. The van der Waals surface area contributed by atoms with Crippen LogP contribution in [0, 0.1) is 11.3 Å². The summed E-state index contributed by atoms with van der Waals surface area (Å²) in [6.45, 7) is 2.02. The summed E-state index contributed by atoms with van der Waals surface area (Å²) in [5, 5.41) is 0. The Bertz CT molecular complexity index is 257. The van der Waals surface area contributed by atoms with Crippen molar-refractivity contribution in [2.45, 2.75) is 32.6 Å². The van der Waals surface area contributed by atoms with Gasteiger partial charge in [-0.15, -0.1) is 0 Å². The fourth-order valence-electron chi connectivity index (χ4n) is 2.17. The Labute approximate surface area is 68.9 Å². The van der Waals surface area contributed by atoms with E-state index >= 15 is 0 Å². The van der Waals surface area contributed by atoms with Crippen molar-refractivity contribution in [3.63, 3.8) is 0 Å². The molecule has 0 heterocycles. The van der Waals surface area contributed by atoms with E-state index in [0.717, 1.165) is 19.3 Å². The molecular weight excluding hydrogens is 136 g/mol. The van der Waals surface area contributed by atoms with Crippen LogP contribution in [0.4, 0.5) is 0 Å². The zero-order valence-corrected chi connectivity index (χ0v) is 6.89. The van der Waals surface area contributed by atoms with Crippen LogP contribution in [0.15, 0.2) is 12.1 Å². The minimum absolute atomic E-state index is 0.0741. The van der Waals surface area contributed by atoms with Gasteiger partial charge in [-0.05, 0) is 19.3 Å². The average Bonchev–Trinajstić information content (AvgIpc) is 1.95. The SMILES string of the molecule is [2H]C1=CC2CCCC(C)(C1)C2=O. The zero-order chi connectivity index (χ0) is 8.77. The van der Waals surface area contributed by atoms with Crippen molar-refractivity contribution < 1.29 is 6.17 Å². The molecule has 0 aliphatic heterocycles. The molecule has 2 unspecified atom stereocenters. The Balaban J connectivity index is 2.38. The summed E-state index contributed by atoms with van der Waals surface area (Å²) in [5.74, 6) is 0.453. The van der Waals surface area contributed by atoms with Gasteiger partial charge < -0.3 is 0 Å². The summed E-state index contributed by atoms with van der Waals surface area (Å²) in [6, 6.07) is 0.668. The molecule has 1 nitrogen and oxygen atoms in total. The Kier molecular flexibility index (Phi) is 1.19. The highest BCUT2D eigenvalue weighted by Crippen LogP contribution is 2.42. The van der Waals surface area contributed by atoms with Crippen LogP contribution in [0.3, 0.4) is 0 Å². The summed E-state index contributed by atoms with van der Waals surface area (Å²) in [5.41, 5.74) is -0.186. The molecule has 11 heavy (non-hydrogen) atoms. The number of ketones is 1. The highest BCUT2D eigenvalue weighted by Gasteiger charge is 2.40. The average molecular weight is 151 g/mol. The van der Waals surface area contributed by atoms with Crippen LogP contribution < -0.4 is 0 Å². The highest BCUT2D eigenvalue weighted by molar-refractivity contribution is 5.89. The lowest BCUT2D eigenvalue weighted by Gasteiger charge is -2.37. The van der Waals surface area contributed by atoms with Gasteiger partial charge in [0, 0.05) is 11.3 Å². The number of hydrogen-bond donors (Lipinski definition) is 0. The number of rotatable bonds is 0. The summed E-state index contributed by atoms with van der Waals surface area (Å²) >= 11 is 0. The van der Waals surface area contributed by atoms with Gasteiger partial charge >= 0.3 is 0 Å². The van der Waals surface area contributed by atoms with E-state index in [-0.39, 0.29) is 11.3 Å². The van der Waals surface area contributed by atoms with Crippen LogP contribution >= 0.6 is 0 Å². The molecule has 0 amide bonds. The highest BCUT2D eigenvalue weighted by atomic mass is 16.1. The summed E-state index contributed by atoms with van der Waals surface area (Å²) in [7, 11) is 0. The van der Waals surface area contributed by atoms with Crippen molar-refractivity contribution in [2.24, 2.45) is 11.3 Å². The third-order valence-corrected chi connectivity index (χ3v) is 2.99. The minimum atomic E-state index is -0.186. The van der Waals surface area contributed by atoms with Gasteiger partial charge in [-0.1, -0.05) is 25.5 Å². The normalized spacial score (nSPS) is 44.8. The number of allylic oxidation sites excluding steroid dienone is 2. The third-order valence-electron chi connectivity index (χ3n) is 2.99. The number of fused-ring (bicyclic) bond motifs is 2. The van der Waals surface area contributed by atoms with Crippen LogP contribution in [-0.4, -0.2) is 5.78 Å².